The predicted octanol–water partition coefficient (Wildman–Crippen LogP) is 3.33. The summed E-state index contributed by atoms with van der Waals surface area (Å²) in [7, 11) is 1.67. The molecule has 1 aliphatic heterocycles. The highest BCUT2D eigenvalue weighted by atomic mass is 16.5. The van der Waals surface area contributed by atoms with Crippen LogP contribution in [0.2, 0.25) is 0 Å². The molecule has 1 aliphatic rings. The Morgan fingerprint density at radius 3 is 2.61 bits per heavy atom. The summed E-state index contributed by atoms with van der Waals surface area (Å²) in [6.07, 6.45) is 4.30. The van der Waals surface area contributed by atoms with Gasteiger partial charge in [-0.1, -0.05) is 19.1 Å². The smallest absolute Gasteiger partial charge is 0.224 e. The number of methoxy groups -OCH3 is 1. The van der Waals surface area contributed by atoms with E-state index < -0.39 is 0 Å². The van der Waals surface area contributed by atoms with Gasteiger partial charge in [0.15, 0.2) is 0 Å². The normalized spacial score (nSPS) is 15.5. The molecule has 0 bridgehead atoms. The van der Waals surface area contributed by atoms with Crippen molar-refractivity contribution in [2.45, 2.75) is 26.3 Å². The van der Waals surface area contributed by atoms with Crippen molar-refractivity contribution in [2.75, 3.05) is 30.4 Å². The Balaban J connectivity index is 1.60. The minimum absolute atomic E-state index is 0.678. The van der Waals surface area contributed by atoms with Crippen molar-refractivity contribution in [3.63, 3.8) is 0 Å². The molecule has 0 atom stereocenters. The molecule has 0 amide bonds. The molecule has 3 rings (SSSR count). The standard InChI is InChI=1S/C18H24N4O/c1-14-8-11-22(12-9-14)17-7-10-19-18(21-17)20-13-15-3-5-16(23-2)6-4-15/h3-7,10,14H,8-9,11-13H2,1-2H3,(H,19,20,21). The lowest BCUT2D eigenvalue weighted by Gasteiger charge is -2.31. The third-order valence-corrected chi connectivity index (χ3v) is 4.36. The summed E-state index contributed by atoms with van der Waals surface area (Å²) in [4.78, 5) is 11.3. The van der Waals surface area contributed by atoms with Gasteiger partial charge in [-0.25, -0.2) is 4.98 Å². The average Bonchev–Trinajstić information content (AvgIpc) is 2.61. The first-order chi connectivity index (χ1) is 11.2. The van der Waals surface area contributed by atoms with E-state index in [-0.39, 0.29) is 0 Å². The van der Waals surface area contributed by atoms with Gasteiger partial charge in [-0.05, 0) is 42.5 Å². The second-order valence-corrected chi connectivity index (χ2v) is 6.11. The van der Waals surface area contributed by atoms with Gasteiger partial charge in [0.2, 0.25) is 5.95 Å². The van der Waals surface area contributed by atoms with Crippen LogP contribution in [0.1, 0.15) is 25.3 Å². The lowest BCUT2D eigenvalue weighted by atomic mass is 9.99. The monoisotopic (exact) mass is 312 g/mol. The molecule has 0 unspecified atom stereocenters. The molecule has 1 aromatic heterocycles. The molecule has 1 N–H and O–H groups in total. The van der Waals surface area contributed by atoms with Crippen molar-refractivity contribution >= 4 is 11.8 Å². The van der Waals surface area contributed by atoms with Crippen LogP contribution in [-0.2, 0) is 6.54 Å². The summed E-state index contributed by atoms with van der Waals surface area (Å²) in [6, 6.07) is 10.0. The van der Waals surface area contributed by atoms with Crippen LogP contribution in [0.25, 0.3) is 0 Å². The zero-order valence-corrected chi connectivity index (χ0v) is 13.8. The Bertz CT molecular complexity index is 621. The minimum Gasteiger partial charge on any atom is -0.497 e. The topological polar surface area (TPSA) is 50.3 Å². The Morgan fingerprint density at radius 2 is 1.91 bits per heavy atom. The molecular formula is C18H24N4O. The highest BCUT2D eigenvalue weighted by Crippen LogP contribution is 2.21. The molecule has 1 fully saturated rings. The number of nitrogens with zero attached hydrogens (tertiary/aromatic N) is 3. The summed E-state index contributed by atoms with van der Waals surface area (Å²) in [6.45, 7) is 5.18. The first-order valence-electron chi connectivity index (χ1n) is 8.19. The number of hydrogen-bond donors (Lipinski definition) is 1. The van der Waals surface area contributed by atoms with E-state index in [0.717, 1.165) is 30.6 Å². The first-order valence-corrected chi connectivity index (χ1v) is 8.19. The highest BCUT2D eigenvalue weighted by molar-refractivity contribution is 5.43. The molecule has 0 aliphatic carbocycles. The van der Waals surface area contributed by atoms with Crippen molar-refractivity contribution < 1.29 is 4.74 Å². The van der Waals surface area contributed by atoms with E-state index >= 15 is 0 Å². The fraction of sp³-hybridized carbons (Fsp3) is 0.444. The second-order valence-electron chi connectivity index (χ2n) is 6.11. The molecular weight excluding hydrogens is 288 g/mol. The number of benzene rings is 1. The van der Waals surface area contributed by atoms with Crippen LogP contribution in [0, 0.1) is 5.92 Å². The lowest BCUT2D eigenvalue weighted by Crippen LogP contribution is -2.33. The van der Waals surface area contributed by atoms with E-state index in [9.17, 15) is 0 Å². The number of anilines is 2. The van der Waals surface area contributed by atoms with Gasteiger partial charge in [0.25, 0.3) is 0 Å². The summed E-state index contributed by atoms with van der Waals surface area (Å²) >= 11 is 0. The fourth-order valence-electron chi connectivity index (χ4n) is 2.77. The van der Waals surface area contributed by atoms with Gasteiger partial charge in [-0.2, -0.15) is 4.98 Å². The summed E-state index contributed by atoms with van der Waals surface area (Å²) < 4.78 is 5.17. The van der Waals surface area contributed by atoms with E-state index in [1.807, 2.05) is 36.5 Å². The molecule has 0 saturated carbocycles. The molecule has 5 nitrogen and oxygen atoms in total. The Labute approximate surface area is 137 Å². The predicted molar refractivity (Wildman–Crippen MR) is 93.0 cm³/mol. The molecule has 5 heteroatoms. The van der Waals surface area contributed by atoms with Crippen LogP contribution in [0.4, 0.5) is 11.8 Å². The molecule has 23 heavy (non-hydrogen) atoms. The Hall–Kier alpha value is -2.30. The number of rotatable bonds is 5. The number of ether oxygens (including phenoxy) is 1. The minimum atomic E-state index is 0.678. The van der Waals surface area contributed by atoms with Crippen molar-refractivity contribution in [3.05, 3.63) is 42.1 Å². The van der Waals surface area contributed by atoms with E-state index in [0.29, 0.717) is 12.5 Å². The Morgan fingerprint density at radius 1 is 1.17 bits per heavy atom. The van der Waals surface area contributed by atoms with Crippen LogP contribution < -0.4 is 15.0 Å². The SMILES string of the molecule is COc1ccc(CNc2nccc(N3CCC(C)CC3)n2)cc1. The van der Waals surface area contributed by atoms with Gasteiger partial charge in [0.1, 0.15) is 11.6 Å². The lowest BCUT2D eigenvalue weighted by molar-refractivity contribution is 0.414. The number of piperidine rings is 1. The van der Waals surface area contributed by atoms with Gasteiger partial charge in [-0.15, -0.1) is 0 Å². The van der Waals surface area contributed by atoms with Gasteiger partial charge in [0.05, 0.1) is 7.11 Å². The number of aromatic nitrogens is 2. The van der Waals surface area contributed by atoms with Crippen LogP contribution in [0.3, 0.4) is 0 Å². The van der Waals surface area contributed by atoms with Gasteiger partial charge < -0.3 is 15.0 Å². The van der Waals surface area contributed by atoms with E-state index in [2.05, 4.69) is 27.1 Å². The zero-order valence-electron chi connectivity index (χ0n) is 13.8. The Kier molecular flexibility index (Phi) is 4.95. The molecule has 1 saturated heterocycles. The zero-order chi connectivity index (χ0) is 16.1. The summed E-state index contributed by atoms with van der Waals surface area (Å²) in [5.74, 6) is 3.38. The maximum absolute atomic E-state index is 5.17. The maximum atomic E-state index is 5.17. The highest BCUT2D eigenvalue weighted by Gasteiger charge is 2.17. The third kappa shape index (κ3) is 4.12. The molecule has 0 radical (unpaired) electrons. The van der Waals surface area contributed by atoms with Crippen LogP contribution >= 0.6 is 0 Å². The van der Waals surface area contributed by atoms with Crippen LogP contribution in [0.5, 0.6) is 5.75 Å². The maximum Gasteiger partial charge on any atom is 0.224 e. The fourth-order valence-corrected chi connectivity index (χ4v) is 2.77. The summed E-state index contributed by atoms with van der Waals surface area (Å²) in [5.41, 5.74) is 1.17. The van der Waals surface area contributed by atoms with E-state index in [1.54, 1.807) is 7.11 Å². The molecule has 122 valence electrons. The summed E-state index contributed by atoms with van der Waals surface area (Å²) in [5, 5.41) is 3.30. The average molecular weight is 312 g/mol. The quantitative estimate of drug-likeness (QED) is 0.917. The van der Waals surface area contributed by atoms with Crippen molar-refractivity contribution in [1.82, 2.24) is 9.97 Å². The third-order valence-electron chi connectivity index (χ3n) is 4.36. The largest absolute Gasteiger partial charge is 0.497 e. The number of nitrogens with one attached hydrogen (secondary N) is 1. The van der Waals surface area contributed by atoms with Gasteiger partial charge >= 0.3 is 0 Å². The van der Waals surface area contributed by atoms with Gasteiger partial charge in [0, 0.05) is 25.8 Å². The van der Waals surface area contributed by atoms with E-state index in [1.165, 1.54) is 18.4 Å². The van der Waals surface area contributed by atoms with Gasteiger partial charge in [-0.3, -0.25) is 0 Å². The number of hydrogen-bond acceptors (Lipinski definition) is 5. The first kappa shape index (κ1) is 15.6. The van der Waals surface area contributed by atoms with Crippen molar-refractivity contribution in [1.29, 1.82) is 0 Å². The molecule has 2 heterocycles. The van der Waals surface area contributed by atoms with Crippen molar-refractivity contribution in [3.8, 4) is 5.75 Å². The van der Waals surface area contributed by atoms with Crippen LogP contribution in [-0.4, -0.2) is 30.2 Å². The molecule has 2 aromatic rings. The molecule has 0 spiro atoms. The van der Waals surface area contributed by atoms with Crippen LogP contribution in [0.15, 0.2) is 36.5 Å². The second kappa shape index (κ2) is 7.31. The molecule has 1 aromatic carbocycles. The van der Waals surface area contributed by atoms with Crippen molar-refractivity contribution in [2.24, 2.45) is 5.92 Å². The van der Waals surface area contributed by atoms with E-state index in [4.69, 9.17) is 4.74 Å².